The van der Waals surface area contributed by atoms with E-state index in [1.807, 2.05) is 6.92 Å². The Morgan fingerprint density at radius 3 is 2.77 bits per heavy atom. The fourth-order valence-electron chi connectivity index (χ4n) is 3.33. The first-order chi connectivity index (χ1) is 12.4. The minimum atomic E-state index is -3.83. The molecule has 1 saturated heterocycles. The molecule has 1 aliphatic rings. The van der Waals surface area contributed by atoms with Gasteiger partial charge >= 0.3 is 0 Å². The summed E-state index contributed by atoms with van der Waals surface area (Å²) in [7, 11) is -2.48. The van der Waals surface area contributed by atoms with Crippen LogP contribution in [0, 0.1) is 12.7 Å². The van der Waals surface area contributed by atoms with E-state index in [1.165, 1.54) is 30.5 Å². The number of piperazine rings is 1. The summed E-state index contributed by atoms with van der Waals surface area (Å²) in [6, 6.07) is 2.59. The van der Waals surface area contributed by atoms with Crippen molar-refractivity contribution in [1.82, 2.24) is 19.2 Å². The van der Waals surface area contributed by atoms with Gasteiger partial charge in [0.15, 0.2) is 11.6 Å². The Labute approximate surface area is 152 Å². The number of ether oxygens (including phenoxy) is 1. The molecule has 1 aromatic carbocycles. The molecular weight excluding hydrogens is 359 g/mol. The number of halogens is 1. The maximum Gasteiger partial charge on any atom is 0.243 e. The summed E-state index contributed by atoms with van der Waals surface area (Å²) >= 11 is 0. The van der Waals surface area contributed by atoms with Gasteiger partial charge in [-0.25, -0.2) is 17.8 Å². The quantitative estimate of drug-likeness (QED) is 0.855. The van der Waals surface area contributed by atoms with Gasteiger partial charge in [-0.1, -0.05) is 6.92 Å². The SMILES string of the molecule is CCN1CCN(S(=O)(=O)c2ccc(OC)c(F)c2C)C[C@H]1c1ncc[nH]1. The number of aromatic amines is 1. The number of methoxy groups -OCH3 is 1. The van der Waals surface area contributed by atoms with Crippen LogP contribution in [0.15, 0.2) is 29.4 Å². The van der Waals surface area contributed by atoms with Gasteiger partial charge in [0.2, 0.25) is 10.0 Å². The molecule has 0 saturated carbocycles. The highest BCUT2D eigenvalue weighted by Crippen LogP contribution is 2.31. The van der Waals surface area contributed by atoms with Crippen molar-refractivity contribution in [2.24, 2.45) is 0 Å². The van der Waals surface area contributed by atoms with Gasteiger partial charge in [0.05, 0.1) is 18.0 Å². The highest BCUT2D eigenvalue weighted by molar-refractivity contribution is 7.89. The van der Waals surface area contributed by atoms with E-state index < -0.39 is 15.8 Å². The van der Waals surface area contributed by atoms with Crippen molar-refractivity contribution < 1.29 is 17.5 Å². The second-order valence-corrected chi connectivity index (χ2v) is 8.09. The van der Waals surface area contributed by atoms with E-state index in [2.05, 4.69) is 14.9 Å². The maximum atomic E-state index is 14.3. The molecule has 1 atom stereocenters. The van der Waals surface area contributed by atoms with E-state index in [4.69, 9.17) is 4.74 Å². The third-order valence-electron chi connectivity index (χ3n) is 4.83. The van der Waals surface area contributed by atoms with E-state index in [1.54, 1.807) is 12.4 Å². The molecule has 142 valence electrons. The van der Waals surface area contributed by atoms with Crippen LogP contribution >= 0.6 is 0 Å². The predicted molar refractivity (Wildman–Crippen MR) is 95.0 cm³/mol. The summed E-state index contributed by atoms with van der Waals surface area (Å²) in [4.78, 5) is 9.50. The number of aromatic nitrogens is 2. The zero-order chi connectivity index (χ0) is 18.9. The zero-order valence-corrected chi connectivity index (χ0v) is 15.9. The molecule has 26 heavy (non-hydrogen) atoms. The number of benzene rings is 1. The van der Waals surface area contributed by atoms with Crippen molar-refractivity contribution in [3.63, 3.8) is 0 Å². The van der Waals surface area contributed by atoms with E-state index in [9.17, 15) is 12.8 Å². The summed E-state index contributed by atoms with van der Waals surface area (Å²) in [5.41, 5.74) is 0.0665. The first kappa shape index (κ1) is 18.8. The van der Waals surface area contributed by atoms with Crippen molar-refractivity contribution in [3.05, 3.63) is 41.7 Å². The Morgan fingerprint density at radius 2 is 2.15 bits per heavy atom. The molecular formula is C17H23FN4O3S. The third kappa shape index (κ3) is 3.22. The summed E-state index contributed by atoms with van der Waals surface area (Å²) in [5, 5.41) is 0. The van der Waals surface area contributed by atoms with E-state index in [-0.39, 0.29) is 28.8 Å². The van der Waals surface area contributed by atoms with Crippen molar-refractivity contribution in [3.8, 4) is 5.75 Å². The number of likely N-dealkylation sites (N-methyl/N-ethyl adjacent to an activating group) is 1. The van der Waals surface area contributed by atoms with Gasteiger partial charge < -0.3 is 9.72 Å². The molecule has 1 aliphatic heterocycles. The van der Waals surface area contributed by atoms with Crippen LogP contribution in [0.5, 0.6) is 5.75 Å². The molecule has 2 aromatic rings. The summed E-state index contributed by atoms with van der Waals surface area (Å²) in [6.07, 6.45) is 3.37. The van der Waals surface area contributed by atoms with Gasteiger partial charge in [0, 0.05) is 37.6 Å². The van der Waals surface area contributed by atoms with Crippen LogP contribution in [-0.4, -0.2) is 60.9 Å². The maximum absolute atomic E-state index is 14.3. The Bertz CT molecular complexity index is 870. The molecule has 0 spiro atoms. The summed E-state index contributed by atoms with van der Waals surface area (Å²) in [5.74, 6) is 0.110. The van der Waals surface area contributed by atoms with E-state index in [0.29, 0.717) is 13.1 Å². The average Bonchev–Trinajstić information content (AvgIpc) is 3.17. The normalized spacial score (nSPS) is 19.6. The second-order valence-electron chi connectivity index (χ2n) is 6.19. The third-order valence-corrected chi connectivity index (χ3v) is 6.84. The van der Waals surface area contributed by atoms with Crippen LogP contribution in [0.3, 0.4) is 0 Å². The standard InChI is InChI=1S/C17H23FN4O3S/c1-4-21-9-10-22(11-13(21)17-19-7-8-20-17)26(23,24)15-6-5-14(25-3)16(18)12(15)2/h5-8,13H,4,9-11H2,1-3H3,(H,19,20)/t13-/m0/s1. The number of nitrogens with zero attached hydrogens (tertiary/aromatic N) is 3. The first-order valence-electron chi connectivity index (χ1n) is 8.46. The molecule has 7 nitrogen and oxygen atoms in total. The molecule has 0 bridgehead atoms. The van der Waals surface area contributed by atoms with Crippen LogP contribution < -0.4 is 4.74 Å². The predicted octanol–water partition coefficient (Wildman–Crippen LogP) is 1.93. The second kappa shape index (κ2) is 7.34. The summed E-state index contributed by atoms with van der Waals surface area (Å²) in [6.45, 7) is 5.46. The van der Waals surface area contributed by atoms with Crippen LogP contribution in [-0.2, 0) is 10.0 Å². The van der Waals surface area contributed by atoms with Crippen molar-refractivity contribution in [2.45, 2.75) is 24.8 Å². The molecule has 9 heteroatoms. The van der Waals surface area contributed by atoms with Crippen molar-refractivity contribution in [1.29, 1.82) is 0 Å². The van der Waals surface area contributed by atoms with E-state index >= 15 is 0 Å². The molecule has 0 amide bonds. The first-order valence-corrected chi connectivity index (χ1v) is 9.90. The van der Waals surface area contributed by atoms with Crippen LogP contribution in [0.1, 0.15) is 24.4 Å². The Hall–Kier alpha value is -1.97. The fraction of sp³-hybridized carbons (Fsp3) is 0.471. The highest BCUT2D eigenvalue weighted by Gasteiger charge is 2.36. The number of sulfonamides is 1. The molecule has 2 heterocycles. The minimum Gasteiger partial charge on any atom is -0.494 e. The van der Waals surface area contributed by atoms with Crippen molar-refractivity contribution >= 4 is 10.0 Å². The average molecular weight is 382 g/mol. The lowest BCUT2D eigenvalue weighted by Gasteiger charge is -2.39. The van der Waals surface area contributed by atoms with Gasteiger partial charge in [0.1, 0.15) is 5.82 Å². The lowest BCUT2D eigenvalue weighted by Crippen LogP contribution is -2.50. The van der Waals surface area contributed by atoms with Gasteiger partial charge in [-0.15, -0.1) is 0 Å². The molecule has 0 aliphatic carbocycles. The Morgan fingerprint density at radius 1 is 1.38 bits per heavy atom. The number of nitrogens with one attached hydrogen (secondary N) is 1. The fourth-order valence-corrected chi connectivity index (χ4v) is 4.98. The molecule has 0 unspecified atom stereocenters. The molecule has 0 radical (unpaired) electrons. The summed E-state index contributed by atoms with van der Waals surface area (Å²) < 4.78 is 47.0. The number of imidazole rings is 1. The number of H-pyrrole nitrogens is 1. The van der Waals surface area contributed by atoms with Gasteiger partial charge in [-0.3, -0.25) is 4.90 Å². The lowest BCUT2D eigenvalue weighted by atomic mass is 10.2. The Kier molecular flexibility index (Phi) is 5.31. The van der Waals surface area contributed by atoms with Crippen LogP contribution in [0.2, 0.25) is 0 Å². The van der Waals surface area contributed by atoms with Crippen LogP contribution in [0.4, 0.5) is 4.39 Å². The lowest BCUT2D eigenvalue weighted by molar-refractivity contribution is 0.119. The number of rotatable bonds is 5. The number of hydrogen-bond acceptors (Lipinski definition) is 5. The largest absolute Gasteiger partial charge is 0.494 e. The van der Waals surface area contributed by atoms with Gasteiger partial charge in [-0.05, 0) is 25.6 Å². The number of hydrogen-bond donors (Lipinski definition) is 1. The Balaban J connectivity index is 1.94. The molecule has 3 rings (SSSR count). The molecule has 1 aromatic heterocycles. The highest BCUT2D eigenvalue weighted by atomic mass is 32.2. The van der Waals surface area contributed by atoms with E-state index in [0.717, 1.165) is 12.4 Å². The monoisotopic (exact) mass is 382 g/mol. The zero-order valence-electron chi connectivity index (χ0n) is 15.1. The molecule has 1 fully saturated rings. The minimum absolute atomic E-state index is 0.0288. The molecule has 1 N–H and O–H groups in total. The smallest absolute Gasteiger partial charge is 0.243 e. The topological polar surface area (TPSA) is 78.5 Å². The van der Waals surface area contributed by atoms with Gasteiger partial charge in [0.25, 0.3) is 0 Å². The van der Waals surface area contributed by atoms with Crippen LogP contribution in [0.25, 0.3) is 0 Å². The van der Waals surface area contributed by atoms with Crippen molar-refractivity contribution in [2.75, 3.05) is 33.3 Å². The van der Waals surface area contributed by atoms with Gasteiger partial charge in [-0.2, -0.15) is 4.31 Å².